The molecule has 172 valence electrons. The Morgan fingerprint density at radius 3 is 2.27 bits per heavy atom. The fraction of sp³-hybridized carbons (Fsp3) is 0.136. The zero-order valence-corrected chi connectivity index (χ0v) is 18.6. The van der Waals surface area contributed by atoms with Gasteiger partial charge in [-0.05, 0) is 61.5 Å². The minimum Gasteiger partial charge on any atom is -0.495 e. The first-order valence-corrected chi connectivity index (χ1v) is 11.2. The maximum atomic E-state index is 12.8. The maximum Gasteiger partial charge on any atom is 0.271 e. The highest BCUT2D eigenvalue weighted by Gasteiger charge is 2.20. The van der Waals surface area contributed by atoms with Crippen LogP contribution in [0.3, 0.4) is 0 Å². The Kier molecular flexibility index (Phi) is 7.13. The molecular weight excluding hydrogens is 450 g/mol. The van der Waals surface area contributed by atoms with E-state index in [0.29, 0.717) is 18.0 Å². The number of amides is 1. The number of rotatable bonds is 9. The fourth-order valence-corrected chi connectivity index (χ4v) is 3.94. The first-order valence-electron chi connectivity index (χ1n) is 9.73. The molecule has 0 unspecified atom stereocenters. The smallest absolute Gasteiger partial charge is 0.271 e. The lowest BCUT2D eigenvalue weighted by Crippen LogP contribution is -2.15. The molecule has 0 spiro atoms. The summed E-state index contributed by atoms with van der Waals surface area (Å²) in [7, 11) is -2.78. The number of carbonyl (C=O) groups is 1. The Labute approximate surface area is 190 Å². The van der Waals surface area contributed by atoms with Crippen LogP contribution in [0.2, 0.25) is 0 Å². The summed E-state index contributed by atoms with van der Waals surface area (Å²) in [6.45, 7) is 2.40. The van der Waals surface area contributed by atoms with Crippen molar-refractivity contribution in [3.8, 4) is 11.5 Å². The number of hydrogen-bond donors (Lipinski definition) is 2. The van der Waals surface area contributed by atoms with E-state index in [1.165, 1.54) is 43.5 Å². The summed E-state index contributed by atoms with van der Waals surface area (Å²) >= 11 is 0. The Balaban J connectivity index is 1.75. The maximum absolute atomic E-state index is 12.8. The summed E-state index contributed by atoms with van der Waals surface area (Å²) in [6, 6.07) is 15.7. The molecule has 0 saturated heterocycles. The van der Waals surface area contributed by atoms with Crippen LogP contribution in [-0.4, -0.2) is 33.0 Å². The van der Waals surface area contributed by atoms with Gasteiger partial charge in [-0.1, -0.05) is 0 Å². The Hall–Kier alpha value is -4.12. The summed E-state index contributed by atoms with van der Waals surface area (Å²) in [6.07, 6.45) is 0. The van der Waals surface area contributed by atoms with Crippen molar-refractivity contribution >= 4 is 33.0 Å². The molecule has 1 amide bonds. The fourth-order valence-electron chi connectivity index (χ4n) is 2.88. The Bertz CT molecular complexity index is 1260. The molecular formula is C22H21N3O7S. The van der Waals surface area contributed by atoms with Crippen molar-refractivity contribution in [1.82, 2.24) is 0 Å². The highest BCUT2D eigenvalue weighted by atomic mass is 32.2. The molecule has 2 N–H and O–H groups in total. The second-order valence-corrected chi connectivity index (χ2v) is 8.37. The quantitative estimate of drug-likeness (QED) is 0.355. The van der Waals surface area contributed by atoms with Gasteiger partial charge in [0.25, 0.3) is 21.6 Å². The van der Waals surface area contributed by atoms with Crippen molar-refractivity contribution in [3.05, 3.63) is 82.4 Å². The van der Waals surface area contributed by atoms with Crippen molar-refractivity contribution in [3.63, 3.8) is 0 Å². The van der Waals surface area contributed by atoms with E-state index in [1.54, 1.807) is 24.3 Å². The molecule has 0 atom stereocenters. The molecule has 0 fully saturated rings. The summed E-state index contributed by atoms with van der Waals surface area (Å²) < 4.78 is 38.2. The number of benzene rings is 3. The van der Waals surface area contributed by atoms with Crippen LogP contribution in [0.15, 0.2) is 71.6 Å². The van der Waals surface area contributed by atoms with Gasteiger partial charge < -0.3 is 14.8 Å². The van der Waals surface area contributed by atoms with E-state index in [1.807, 2.05) is 6.92 Å². The van der Waals surface area contributed by atoms with E-state index in [0.717, 1.165) is 6.07 Å². The number of nitrogens with one attached hydrogen (secondary N) is 2. The number of nitro groups is 1. The van der Waals surface area contributed by atoms with Crippen LogP contribution in [-0.2, 0) is 10.0 Å². The summed E-state index contributed by atoms with van der Waals surface area (Å²) in [4.78, 5) is 22.7. The third kappa shape index (κ3) is 5.77. The molecule has 3 aromatic rings. The number of hydrogen-bond acceptors (Lipinski definition) is 7. The Morgan fingerprint density at radius 2 is 1.70 bits per heavy atom. The monoisotopic (exact) mass is 471 g/mol. The van der Waals surface area contributed by atoms with Crippen LogP contribution in [0.25, 0.3) is 0 Å². The molecule has 0 radical (unpaired) electrons. The van der Waals surface area contributed by atoms with Gasteiger partial charge in [-0.25, -0.2) is 8.42 Å². The number of non-ortho nitro benzene ring substituents is 1. The Morgan fingerprint density at radius 1 is 1.03 bits per heavy atom. The molecule has 0 saturated carbocycles. The first-order chi connectivity index (χ1) is 15.7. The van der Waals surface area contributed by atoms with E-state index in [9.17, 15) is 23.3 Å². The van der Waals surface area contributed by atoms with E-state index in [4.69, 9.17) is 9.47 Å². The van der Waals surface area contributed by atoms with Crippen molar-refractivity contribution < 1.29 is 27.6 Å². The standard InChI is InChI=1S/C22H21N3O7S/c1-3-32-18-9-6-16(7-10-18)23-22(26)15-4-11-19(12-5-15)33(29,30)24-20-14-17(25(27)28)8-13-21(20)31-2/h4-14,24H,3H2,1-2H3,(H,23,26). The van der Waals surface area contributed by atoms with Gasteiger partial charge in [0.15, 0.2) is 0 Å². The number of ether oxygens (including phenoxy) is 2. The molecule has 0 bridgehead atoms. The molecule has 0 aliphatic carbocycles. The van der Waals surface area contributed by atoms with E-state index in [2.05, 4.69) is 10.0 Å². The predicted molar refractivity (Wildman–Crippen MR) is 122 cm³/mol. The second kappa shape index (κ2) is 10.0. The van der Waals surface area contributed by atoms with Crippen LogP contribution >= 0.6 is 0 Å². The zero-order chi connectivity index (χ0) is 24.0. The van der Waals surface area contributed by atoms with Gasteiger partial charge >= 0.3 is 0 Å². The van der Waals surface area contributed by atoms with Crippen LogP contribution in [0.5, 0.6) is 11.5 Å². The largest absolute Gasteiger partial charge is 0.495 e. The van der Waals surface area contributed by atoms with Gasteiger partial charge in [-0.3, -0.25) is 19.6 Å². The van der Waals surface area contributed by atoms with Gasteiger partial charge in [-0.15, -0.1) is 0 Å². The van der Waals surface area contributed by atoms with Crippen LogP contribution in [0.1, 0.15) is 17.3 Å². The highest BCUT2D eigenvalue weighted by Crippen LogP contribution is 2.31. The summed E-state index contributed by atoms with van der Waals surface area (Å²) in [5.74, 6) is 0.380. The van der Waals surface area contributed by atoms with Gasteiger partial charge in [0.1, 0.15) is 11.5 Å². The molecule has 0 heterocycles. The number of nitro benzene ring substituents is 1. The average Bonchev–Trinajstić information content (AvgIpc) is 2.80. The summed E-state index contributed by atoms with van der Waals surface area (Å²) in [5, 5.41) is 13.7. The van der Waals surface area contributed by atoms with E-state index in [-0.39, 0.29) is 27.6 Å². The van der Waals surface area contributed by atoms with Crippen LogP contribution in [0.4, 0.5) is 17.1 Å². The van der Waals surface area contributed by atoms with Crippen molar-refractivity contribution in [1.29, 1.82) is 0 Å². The zero-order valence-electron chi connectivity index (χ0n) is 17.8. The third-order valence-corrected chi connectivity index (χ3v) is 5.87. The third-order valence-electron chi connectivity index (χ3n) is 4.49. The minimum absolute atomic E-state index is 0.0796. The molecule has 10 nitrogen and oxygen atoms in total. The number of nitrogens with zero attached hydrogens (tertiary/aromatic N) is 1. The van der Waals surface area contributed by atoms with Crippen LogP contribution in [0, 0.1) is 10.1 Å². The molecule has 3 aromatic carbocycles. The number of carbonyl (C=O) groups excluding carboxylic acids is 1. The van der Waals surface area contributed by atoms with Gasteiger partial charge in [0.2, 0.25) is 0 Å². The SMILES string of the molecule is CCOc1ccc(NC(=O)c2ccc(S(=O)(=O)Nc3cc([N+](=O)[O-])ccc3OC)cc2)cc1. The number of sulfonamides is 1. The second-order valence-electron chi connectivity index (χ2n) is 6.68. The summed E-state index contributed by atoms with van der Waals surface area (Å²) in [5.41, 5.74) is 0.425. The number of anilines is 2. The topological polar surface area (TPSA) is 137 Å². The molecule has 0 aromatic heterocycles. The average molecular weight is 471 g/mol. The predicted octanol–water partition coefficient (Wildman–Crippen LogP) is 4.06. The van der Waals surface area contributed by atoms with Gasteiger partial charge in [0, 0.05) is 23.4 Å². The molecule has 3 rings (SSSR count). The van der Waals surface area contributed by atoms with E-state index >= 15 is 0 Å². The van der Waals surface area contributed by atoms with Crippen LogP contribution < -0.4 is 19.5 Å². The minimum atomic E-state index is -4.10. The normalized spacial score (nSPS) is 10.8. The van der Waals surface area contributed by atoms with Gasteiger partial charge in [0.05, 0.1) is 29.2 Å². The van der Waals surface area contributed by atoms with Crippen molar-refractivity contribution in [2.75, 3.05) is 23.8 Å². The van der Waals surface area contributed by atoms with Crippen molar-refractivity contribution in [2.24, 2.45) is 0 Å². The van der Waals surface area contributed by atoms with E-state index < -0.39 is 20.9 Å². The molecule has 11 heteroatoms. The molecule has 0 aliphatic rings. The lowest BCUT2D eigenvalue weighted by molar-refractivity contribution is -0.384. The lowest BCUT2D eigenvalue weighted by atomic mass is 10.2. The first kappa shape index (κ1) is 23.5. The van der Waals surface area contributed by atoms with Gasteiger partial charge in [-0.2, -0.15) is 0 Å². The highest BCUT2D eigenvalue weighted by molar-refractivity contribution is 7.92. The molecule has 33 heavy (non-hydrogen) atoms. The number of methoxy groups -OCH3 is 1. The molecule has 0 aliphatic heterocycles. The lowest BCUT2D eigenvalue weighted by Gasteiger charge is -2.12. The van der Waals surface area contributed by atoms with Crippen molar-refractivity contribution in [2.45, 2.75) is 11.8 Å².